The molecular weight excluding hydrogens is 214 g/mol. The zero-order chi connectivity index (χ0) is 12.8. The largest absolute Gasteiger partial charge is 0.508 e. The van der Waals surface area contributed by atoms with Crippen LogP contribution in [-0.2, 0) is 12.5 Å². The van der Waals surface area contributed by atoms with Crippen molar-refractivity contribution in [3.05, 3.63) is 40.3 Å². The molecule has 3 nitrogen and oxygen atoms in total. The third-order valence-electron chi connectivity index (χ3n) is 2.97. The molecule has 2 rings (SSSR count). The Morgan fingerprint density at radius 1 is 1.18 bits per heavy atom. The summed E-state index contributed by atoms with van der Waals surface area (Å²) in [7, 11) is 1.75. The molecule has 0 saturated heterocycles. The minimum absolute atomic E-state index is 0.0343. The molecule has 1 N–H and O–H groups in total. The molecule has 17 heavy (non-hydrogen) atoms. The quantitative estimate of drug-likeness (QED) is 0.757. The number of aromatic nitrogens is 1. The Morgan fingerprint density at radius 3 is 2.41 bits per heavy atom. The summed E-state index contributed by atoms with van der Waals surface area (Å²) < 4.78 is 1.60. The Bertz CT molecular complexity index is 633. The zero-order valence-corrected chi connectivity index (χ0v) is 10.6. The van der Waals surface area contributed by atoms with Crippen LogP contribution in [0.1, 0.15) is 26.3 Å². The van der Waals surface area contributed by atoms with Crippen molar-refractivity contribution in [2.75, 3.05) is 0 Å². The second kappa shape index (κ2) is 3.62. The van der Waals surface area contributed by atoms with Crippen LogP contribution in [-0.4, -0.2) is 9.67 Å². The van der Waals surface area contributed by atoms with E-state index in [1.807, 2.05) is 6.20 Å². The Labute approximate surface area is 100 Å². The zero-order valence-electron chi connectivity index (χ0n) is 10.6. The van der Waals surface area contributed by atoms with Crippen LogP contribution in [0.4, 0.5) is 0 Å². The Morgan fingerprint density at radius 2 is 1.82 bits per heavy atom. The van der Waals surface area contributed by atoms with Crippen LogP contribution in [0.2, 0.25) is 0 Å². The lowest BCUT2D eigenvalue weighted by Crippen LogP contribution is -2.22. The summed E-state index contributed by atoms with van der Waals surface area (Å²) in [5.41, 5.74) is 0.954. The molecule has 1 aromatic carbocycles. The molecule has 1 aromatic heterocycles. The number of hydrogen-bond acceptors (Lipinski definition) is 2. The van der Waals surface area contributed by atoms with Crippen molar-refractivity contribution in [3.63, 3.8) is 0 Å². The van der Waals surface area contributed by atoms with E-state index in [2.05, 4.69) is 20.8 Å². The van der Waals surface area contributed by atoms with Gasteiger partial charge in [0.2, 0.25) is 0 Å². The topological polar surface area (TPSA) is 42.2 Å². The SMILES string of the molecule is Cn1cc(C(C)(C)C)c2cc(O)ccc2c1=O. The third-order valence-corrected chi connectivity index (χ3v) is 2.97. The molecule has 0 unspecified atom stereocenters. The molecule has 0 spiro atoms. The molecular formula is C14H17NO2. The van der Waals surface area contributed by atoms with E-state index in [1.165, 1.54) is 0 Å². The molecule has 0 fully saturated rings. The highest BCUT2D eigenvalue weighted by molar-refractivity contribution is 5.86. The first-order valence-corrected chi connectivity index (χ1v) is 5.63. The monoisotopic (exact) mass is 231 g/mol. The van der Waals surface area contributed by atoms with Crippen LogP contribution in [0, 0.1) is 0 Å². The van der Waals surface area contributed by atoms with Crippen LogP contribution in [0.3, 0.4) is 0 Å². The van der Waals surface area contributed by atoms with Crippen molar-refractivity contribution in [1.82, 2.24) is 4.57 Å². The highest BCUT2D eigenvalue weighted by atomic mass is 16.3. The average Bonchev–Trinajstić information content (AvgIpc) is 2.21. The maximum atomic E-state index is 12.0. The number of nitrogens with zero attached hydrogens (tertiary/aromatic N) is 1. The molecule has 0 saturated carbocycles. The van der Waals surface area contributed by atoms with Crippen LogP contribution < -0.4 is 5.56 Å². The van der Waals surface area contributed by atoms with Crippen molar-refractivity contribution in [2.45, 2.75) is 26.2 Å². The summed E-state index contributed by atoms with van der Waals surface area (Å²) >= 11 is 0. The predicted molar refractivity (Wildman–Crippen MR) is 69.6 cm³/mol. The van der Waals surface area contributed by atoms with Crippen molar-refractivity contribution < 1.29 is 5.11 Å². The average molecular weight is 231 g/mol. The van der Waals surface area contributed by atoms with Gasteiger partial charge in [-0.1, -0.05) is 20.8 Å². The van der Waals surface area contributed by atoms with E-state index >= 15 is 0 Å². The van der Waals surface area contributed by atoms with Gasteiger partial charge in [-0.25, -0.2) is 0 Å². The van der Waals surface area contributed by atoms with Crippen molar-refractivity contribution in [3.8, 4) is 5.75 Å². The van der Waals surface area contributed by atoms with Crippen molar-refractivity contribution in [1.29, 1.82) is 0 Å². The van der Waals surface area contributed by atoms with Gasteiger partial charge in [0.1, 0.15) is 5.75 Å². The van der Waals surface area contributed by atoms with Gasteiger partial charge in [-0.05, 0) is 34.6 Å². The Hall–Kier alpha value is -1.77. The Kier molecular flexibility index (Phi) is 2.49. The van der Waals surface area contributed by atoms with Crippen molar-refractivity contribution in [2.24, 2.45) is 7.05 Å². The van der Waals surface area contributed by atoms with E-state index in [1.54, 1.807) is 29.8 Å². The summed E-state index contributed by atoms with van der Waals surface area (Å²) in [4.78, 5) is 12.0. The molecule has 3 heteroatoms. The number of pyridine rings is 1. The van der Waals surface area contributed by atoms with Gasteiger partial charge in [0.05, 0.1) is 0 Å². The minimum Gasteiger partial charge on any atom is -0.508 e. The van der Waals surface area contributed by atoms with E-state index in [0.717, 1.165) is 10.9 Å². The summed E-state index contributed by atoms with van der Waals surface area (Å²) in [5, 5.41) is 11.1. The number of phenols is 1. The number of hydrogen-bond donors (Lipinski definition) is 1. The van der Waals surface area contributed by atoms with Gasteiger partial charge < -0.3 is 9.67 Å². The van der Waals surface area contributed by atoms with E-state index in [0.29, 0.717) is 5.39 Å². The van der Waals surface area contributed by atoms with Gasteiger partial charge in [0.15, 0.2) is 0 Å². The lowest BCUT2D eigenvalue weighted by molar-refractivity contribution is 0.476. The molecule has 90 valence electrons. The second-order valence-electron chi connectivity index (χ2n) is 5.44. The molecule has 0 bridgehead atoms. The highest BCUT2D eigenvalue weighted by Crippen LogP contribution is 2.30. The maximum Gasteiger partial charge on any atom is 0.258 e. The normalized spacial score (nSPS) is 12.0. The van der Waals surface area contributed by atoms with Gasteiger partial charge in [0, 0.05) is 18.6 Å². The highest BCUT2D eigenvalue weighted by Gasteiger charge is 2.19. The molecule has 0 atom stereocenters. The van der Waals surface area contributed by atoms with Gasteiger partial charge in [-0.15, -0.1) is 0 Å². The lowest BCUT2D eigenvalue weighted by atomic mass is 9.85. The first-order valence-electron chi connectivity index (χ1n) is 5.63. The molecule has 0 radical (unpaired) electrons. The third kappa shape index (κ3) is 1.93. The van der Waals surface area contributed by atoms with E-state index in [9.17, 15) is 9.90 Å². The molecule has 0 aliphatic carbocycles. The number of aromatic hydroxyl groups is 1. The number of phenolic OH excluding ortho intramolecular Hbond substituents is 1. The smallest absolute Gasteiger partial charge is 0.258 e. The molecule has 0 aliphatic rings. The van der Waals surface area contributed by atoms with Gasteiger partial charge in [0.25, 0.3) is 5.56 Å². The molecule has 0 aliphatic heterocycles. The summed E-state index contributed by atoms with van der Waals surface area (Å²) in [5.74, 6) is 0.191. The van der Waals surface area contributed by atoms with Gasteiger partial charge >= 0.3 is 0 Å². The van der Waals surface area contributed by atoms with E-state index in [4.69, 9.17) is 0 Å². The number of fused-ring (bicyclic) bond motifs is 1. The lowest BCUT2D eigenvalue weighted by Gasteiger charge is -2.22. The summed E-state index contributed by atoms with van der Waals surface area (Å²) in [6, 6.07) is 4.90. The first kappa shape index (κ1) is 11.7. The minimum atomic E-state index is -0.0719. The van der Waals surface area contributed by atoms with Crippen LogP contribution in [0.5, 0.6) is 5.75 Å². The molecule has 1 heterocycles. The van der Waals surface area contributed by atoms with E-state index in [-0.39, 0.29) is 16.7 Å². The second-order valence-corrected chi connectivity index (χ2v) is 5.44. The van der Waals surface area contributed by atoms with Gasteiger partial charge in [-0.2, -0.15) is 0 Å². The first-order chi connectivity index (χ1) is 7.80. The fourth-order valence-corrected chi connectivity index (χ4v) is 2.05. The molecule has 0 amide bonds. The summed E-state index contributed by atoms with van der Waals surface area (Å²) in [6.07, 6.45) is 1.85. The van der Waals surface area contributed by atoms with Crippen LogP contribution in [0.25, 0.3) is 10.8 Å². The number of aryl methyl sites for hydroxylation is 1. The molecule has 2 aromatic rings. The Balaban J connectivity index is 2.99. The van der Waals surface area contributed by atoms with Crippen LogP contribution >= 0.6 is 0 Å². The van der Waals surface area contributed by atoms with Gasteiger partial charge in [-0.3, -0.25) is 4.79 Å². The van der Waals surface area contributed by atoms with E-state index < -0.39 is 0 Å². The fourth-order valence-electron chi connectivity index (χ4n) is 2.05. The summed E-state index contributed by atoms with van der Waals surface area (Å²) in [6.45, 7) is 6.28. The van der Waals surface area contributed by atoms with Crippen LogP contribution in [0.15, 0.2) is 29.2 Å². The fraction of sp³-hybridized carbons (Fsp3) is 0.357. The number of benzene rings is 1. The maximum absolute atomic E-state index is 12.0. The standard InChI is InChI=1S/C14H17NO2/c1-14(2,3)12-8-15(4)13(17)10-6-5-9(16)7-11(10)12/h5-8,16H,1-4H3. The predicted octanol–water partition coefficient (Wildman–Crippen LogP) is 2.54. The number of rotatable bonds is 0. The van der Waals surface area contributed by atoms with Crippen molar-refractivity contribution >= 4 is 10.8 Å².